The number of halogens is 2. The molecule has 0 fully saturated rings. The van der Waals surface area contributed by atoms with Crippen molar-refractivity contribution in [1.29, 1.82) is 0 Å². The van der Waals surface area contributed by atoms with Crippen molar-refractivity contribution in [2.24, 2.45) is 0 Å². The number of nitro benzene ring substituents is 1. The zero-order valence-corrected chi connectivity index (χ0v) is 12.8. The molecule has 0 bridgehead atoms. The Balaban J connectivity index is 0.00000361. The van der Waals surface area contributed by atoms with Crippen LogP contribution in [-0.4, -0.2) is 42.9 Å². The van der Waals surface area contributed by atoms with Crippen molar-refractivity contribution >= 4 is 35.6 Å². The van der Waals surface area contributed by atoms with E-state index in [-0.39, 0.29) is 35.4 Å². The van der Waals surface area contributed by atoms with E-state index in [0.29, 0.717) is 18.7 Å². The highest BCUT2D eigenvalue weighted by Gasteiger charge is 2.14. The molecule has 6 nitrogen and oxygen atoms in total. The molecule has 0 saturated carbocycles. The lowest BCUT2D eigenvalue weighted by atomic mass is 10.1. The zero-order chi connectivity index (χ0) is 14.4. The van der Waals surface area contributed by atoms with E-state index >= 15 is 0 Å². The number of non-ortho nitro benzene ring substituents is 1. The number of likely N-dealkylation sites (N-methyl/N-ethyl adjacent to an activating group) is 2. The van der Waals surface area contributed by atoms with Crippen LogP contribution in [0.2, 0.25) is 5.02 Å². The minimum atomic E-state index is -0.517. The molecule has 0 saturated heterocycles. The monoisotopic (exact) mass is 321 g/mol. The van der Waals surface area contributed by atoms with E-state index in [0.717, 1.165) is 0 Å². The molecule has 0 unspecified atom stereocenters. The number of nitrogens with one attached hydrogen (secondary N) is 1. The van der Waals surface area contributed by atoms with Gasteiger partial charge in [0.25, 0.3) is 5.69 Å². The van der Waals surface area contributed by atoms with Crippen molar-refractivity contribution in [2.75, 3.05) is 27.2 Å². The summed E-state index contributed by atoms with van der Waals surface area (Å²) in [6.07, 6.45) is 0.136. The number of rotatable bonds is 6. The number of benzene rings is 1. The highest BCUT2D eigenvalue weighted by Crippen LogP contribution is 2.23. The van der Waals surface area contributed by atoms with Gasteiger partial charge in [0, 0.05) is 32.3 Å². The Morgan fingerprint density at radius 2 is 2.15 bits per heavy atom. The number of hydrogen-bond donors (Lipinski definition) is 1. The molecule has 112 valence electrons. The van der Waals surface area contributed by atoms with Gasteiger partial charge in [-0.2, -0.15) is 0 Å². The summed E-state index contributed by atoms with van der Waals surface area (Å²) in [6.45, 7) is 1.30. The fourth-order valence-corrected chi connectivity index (χ4v) is 1.74. The first-order chi connectivity index (χ1) is 8.95. The van der Waals surface area contributed by atoms with E-state index in [1.807, 2.05) is 7.05 Å². The molecule has 0 atom stereocenters. The van der Waals surface area contributed by atoms with Crippen LogP contribution in [0.3, 0.4) is 0 Å². The van der Waals surface area contributed by atoms with Gasteiger partial charge in [0.15, 0.2) is 0 Å². The largest absolute Gasteiger partial charge is 0.344 e. The summed E-state index contributed by atoms with van der Waals surface area (Å²) < 4.78 is 0. The third-order valence-corrected chi connectivity index (χ3v) is 3.06. The topological polar surface area (TPSA) is 75.5 Å². The maximum absolute atomic E-state index is 11.9. The molecule has 0 radical (unpaired) electrons. The van der Waals surface area contributed by atoms with Crippen LogP contribution in [0.1, 0.15) is 5.56 Å². The number of carbonyl (C=O) groups is 1. The molecule has 1 rings (SSSR count). The summed E-state index contributed by atoms with van der Waals surface area (Å²) in [5, 5.41) is 13.8. The van der Waals surface area contributed by atoms with Gasteiger partial charge in [0.1, 0.15) is 0 Å². The number of hydrogen-bond acceptors (Lipinski definition) is 4. The van der Waals surface area contributed by atoms with Gasteiger partial charge in [-0.05, 0) is 12.6 Å². The van der Waals surface area contributed by atoms with Crippen molar-refractivity contribution in [3.8, 4) is 0 Å². The molecule has 0 aliphatic rings. The molecule has 0 heterocycles. The van der Waals surface area contributed by atoms with Crippen LogP contribution in [0.5, 0.6) is 0 Å². The average molecular weight is 322 g/mol. The lowest BCUT2D eigenvalue weighted by Crippen LogP contribution is -2.33. The second kappa shape index (κ2) is 8.73. The standard InChI is InChI=1S/C12H16ClN3O3.ClH/c1-14-5-6-15(2)12(17)7-9-3-4-10(16(18)19)8-11(9)13;/h3-4,8,14H,5-7H2,1-2H3;1H. The quantitative estimate of drug-likeness (QED) is 0.641. The van der Waals surface area contributed by atoms with Gasteiger partial charge >= 0.3 is 0 Å². The number of nitro groups is 1. The van der Waals surface area contributed by atoms with Gasteiger partial charge in [-0.3, -0.25) is 14.9 Å². The van der Waals surface area contributed by atoms with Gasteiger partial charge in [-0.25, -0.2) is 0 Å². The third kappa shape index (κ3) is 5.32. The lowest BCUT2D eigenvalue weighted by Gasteiger charge is -2.17. The summed E-state index contributed by atoms with van der Waals surface area (Å²) in [6, 6.07) is 4.13. The van der Waals surface area contributed by atoms with Gasteiger partial charge in [0.05, 0.1) is 16.4 Å². The molecule has 1 aromatic rings. The smallest absolute Gasteiger partial charge is 0.270 e. The highest BCUT2D eigenvalue weighted by molar-refractivity contribution is 6.31. The van der Waals surface area contributed by atoms with E-state index in [9.17, 15) is 14.9 Å². The second-order valence-corrected chi connectivity index (χ2v) is 4.54. The van der Waals surface area contributed by atoms with E-state index in [1.165, 1.54) is 18.2 Å². The summed E-state index contributed by atoms with van der Waals surface area (Å²) in [5.41, 5.74) is 0.512. The fraction of sp³-hybridized carbons (Fsp3) is 0.417. The Labute approximate surface area is 128 Å². The second-order valence-electron chi connectivity index (χ2n) is 4.13. The first-order valence-corrected chi connectivity index (χ1v) is 6.15. The first kappa shape index (κ1) is 18.6. The third-order valence-electron chi connectivity index (χ3n) is 2.71. The lowest BCUT2D eigenvalue weighted by molar-refractivity contribution is -0.384. The van der Waals surface area contributed by atoms with Crippen molar-refractivity contribution in [3.05, 3.63) is 38.9 Å². The number of carbonyl (C=O) groups excluding carboxylic acids is 1. The van der Waals surface area contributed by atoms with Crippen LogP contribution in [0.25, 0.3) is 0 Å². The molecule has 1 aromatic carbocycles. The SMILES string of the molecule is CNCCN(C)C(=O)Cc1ccc([N+](=O)[O-])cc1Cl.Cl. The van der Waals surface area contributed by atoms with Crippen LogP contribution in [-0.2, 0) is 11.2 Å². The fourth-order valence-electron chi connectivity index (χ4n) is 1.50. The molecule has 20 heavy (non-hydrogen) atoms. The number of nitrogens with zero attached hydrogens (tertiary/aromatic N) is 2. The minimum absolute atomic E-state index is 0. The molecule has 1 N–H and O–H groups in total. The Kier molecular flexibility index (Phi) is 8.13. The highest BCUT2D eigenvalue weighted by atomic mass is 35.5. The summed E-state index contributed by atoms with van der Waals surface area (Å²) in [4.78, 5) is 23.5. The number of amides is 1. The van der Waals surface area contributed by atoms with E-state index in [1.54, 1.807) is 11.9 Å². The van der Waals surface area contributed by atoms with Crippen molar-refractivity contribution in [1.82, 2.24) is 10.2 Å². The van der Waals surface area contributed by atoms with Crippen LogP contribution in [0, 0.1) is 10.1 Å². The summed E-state index contributed by atoms with van der Waals surface area (Å²) in [7, 11) is 3.52. The Hall–Kier alpha value is -1.37. The van der Waals surface area contributed by atoms with Crippen LogP contribution >= 0.6 is 24.0 Å². The maximum Gasteiger partial charge on any atom is 0.270 e. The Morgan fingerprint density at radius 1 is 1.50 bits per heavy atom. The van der Waals surface area contributed by atoms with Crippen LogP contribution in [0.4, 0.5) is 5.69 Å². The zero-order valence-electron chi connectivity index (χ0n) is 11.3. The van der Waals surface area contributed by atoms with E-state index in [2.05, 4.69) is 5.32 Å². The Morgan fingerprint density at radius 3 is 2.65 bits per heavy atom. The van der Waals surface area contributed by atoms with Gasteiger partial charge in [-0.15, -0.1) is 12.4 Å². The van der Waals surface area contributed by atoms with Gasteiger partial charge < -0.3 is 10.2 Å². The molecular weight excluding hydrogens is 305 g/mol. The van der Waals surface area contributed by atoms with Crippen molar-refractivity contribution in [2.45, 2.75) is 6.42 Å². The van der Waals surface area contributed by atoms with Crippen molar-refractivity contribution in [3.63, 3.8) is 0 Å². The van der Waals surface area contributed by atoms with E-state index in [4.69, 9.17) is 11.6 Å². The molecule has 8 heteroatoms. The average Bonchev–Trinajstić information content (AvgIpc) is 2.37. The van der Waals surface area contributed by atoms with Crippen LogP contribution < -0.4 is 5.32 Å². The predicted molar refractivity (Wildman–Crippen MR) is 80.6 cm³/mol. The summed E-state index contributed by atoms with van der Waals surface area (Å²) >= 11 is 5.94. The molecular formula is C12H17Cl2N3O3. The van der Waals surface area contributed by atoms with Gasteiger partial charge in [-0.1, -0.05) is 17.7 Å². The molecule has 1 amide bonds. The first-order valence-electron chi connectivity index (χ1n) is 5.77. The molecule has 0 spiro atoms. The minimum Gasteiger partial charge on any atom is -0.344 e. The molecule has 0 aliphatic carbocycles. The van der Waals surface area contributed by atoms with Gasteiger partial charge in [0.2, 0.25) is 5.91 Å². The maximum atomic E-state index is 11.9. The normalized spacial score (nSPS) is 9.75. The molecule has 0 aromatic heterocycles. The molecule has 0 aliphatic heterocycles. The summed E-state index contributed by atoms with van der Waals surface area (Å²) in [5.74, 6) is -0.0778. The Bertz CT molecular complexity index is 483. The van der Waals surface area contributed by atoms with E-state index < -0.39 is 4.92 Å². The predicted octanol–water partition coefficient (Wildman–Crippen LogP) is 1.89. The van der Waals surface area contributed by atoms with Crippen LogP contribution in [0.15, 0.2) is 18.2 Å². The van der Waals surface area contributed by atoms with Crippen molar-refractivity contribution < 1.29 is 9.72 Å².